The van der Waals surface area contributed by atoms with E-state index in [-0.39, 0.29) is 5.88 Å². The van der Waals surface area contributed by atoms with Crippen LogP contribution in [0.5, 0.6) is 0 Å². The third kappa shape index (κ3) is 3.68. The summed E-state index contributed by atoms with van der Waals surface area (Å²) in [6.07, 6.45) is 1.69. The lowest BCUT2D eigenvalue weighted by Gasteiger charge is -2.10. The largest absolute Gasteiger partial charge is 0.272 e. The van der Waals surface area contributed by atoms with E-state index in [1.165, 1.54) is 0 Å². The number of alkyl halides is 1. The van der Waals surface area contributed by atoms with Crippen LogP contribution in [-0.4, -0.2) is 44.5 Å². The van der Waals surface area contributed by atoms with Gasteiger partial charge >= 0.3 is 0 Å². The molecule has 9 nitrogen and oxygen atoms in total. The van der Waals surface area contributed by atoms with Crippen molar-refractivity contribution in [3.63, 3.8) is 0 Å². The topological polar surface area (TPSA) is 99.6 Å². The van der Waals surface area contributed by atoms with E-state index >= 15 is 0 Å². The molecule has 4 heterocycles. The Morgan fingerprint density at radius 2 is 1.26 bits per heavy atom. The summed E-state index contributed by atoms with van der Waals surface area (Å²) in [5, 5.41) is 19.0. The van der Waals surface area contributed by atoms with Gasteiger partial charge in [-0.15, -0.1) is 26.9 Å². The van der Waals surface area contributed by atoms with Gasteiger partial charge in [0.05, 0.1) is 17.5 Å². The molecule has 0 atom stereocenters. The Morgan fingerprint density at radius 3 is 1.92 bits per heavy atom. The summed E-state index contributed by atoms with van der Waals surface area (Å²) >= 11 is 6.30. The van der Waals surface area contributed by atoms with Gasteiger partial charge in [-0.05, 0) is 0 Å². The molecule has 0 aliphatic heterocycles. The van der Waals surface area contributed by atoms with Crippen molar-refractivity contribution in [1.82, 2.24) is 44.5 Å². The molecule has 7 aromatic rings. The number of halogens is 1. The van der Waals surface area contributed by atoms with Crippen LogP contribution in [0.15, 0.2) is 97.2 Å². The van der Waals surface area contributed by atoms with Gasteiger partial charge in [0.15, 0.2) is 17.1 Å². The van der Waals surface area contributed by atoms with Crippen molar-refractivity contribution in [1.29, 1.82) is 0 Å². The Morgan fingerprint density at radius 1 is 0.632 bits per heavy atom. The molecule has 0 amide bonds. The first-order valence-corrected chi connectivity index (χ1v) is 12.4. The van der Waals surface area contributed by atoms with Gasteiger partial charge in [-0.25, -0.2) is 15.0 Å². The Labute approximate surface area is 221 Å². The van der Waals surface area contributed by atoms with E-state index in [9.17, 15) is 0 Å². The highest BCUT2D eigenvalue weighted by Crippen LogP contribution is 2.29. The Bertz CT molecular complexity index is 1900. The molecule has 7 rings (SSSR count). The predicted molar refractivity (Wildman–Crippen MR) is 145 cm³/mol. The van der Waals surface area contributed by atoms with Crippen LogP contribution in [0.25, 0.3) is 56.5 Å². The van der Waals surface area contributed by atoms with Gasteiger partial charge in [0, 0.05) is 16.7 Å². The maximum absolute atomic E-state index is 6.30. The SMILES string of the molecule is ClCc1nc2c(cnn2-c2nnc(-c3ccccc3)c(-c3ccccc3)n2)c2nc(-c3ccccc3)nn12. The number of fused-ring (bicyclic) bond motifs is 3. The minimum absolute atomic E-state index is 0.135. The maximum Gasteiger partial charge on any atom is 0.272 e. The Hall–Kier alpha value is -5.02. The Kier molecular flexibility index (Phi) is 5.33. The van der Waals surface area contributed by atoms with Gasteiger partial charge in [0.25, 0.3) is 5.95 Å². The van der Waals surface area contributed by atoms with Crippen LogP contribution < -0.4 is 0 Å². The molecule has 0 spiro atoms. The number of hydrogen-bond donors (Lipinski definition) is 0. The van der Waals surface area contributed by atoms with Gasteiger partial charge in [-0.3, -0.25) is 0 Å². The third-order valence-corrected chi connectivity index (χ3v) is 6.42. The highest BCUT2D eigenvalue weighted by Gasteiger charge is 2.21. The number of benzene rings is 3. The standard InChI is InChI=1S/C28H18ClN9/c29-16-22-31-26-21(27-33-25(36-37(22)27)20-14-8-3-9-15-20)17-30-38(26)28-32-23(18-10-4-1-5-11-18)24(34-35-28)19-12-6-2-7-13-19/h1-15,17H,16H2. The predicted octanol–water partition coefficient (Wildman–Crippen LogP) is 5.39. The van der Waals surface area contributed by atoms with Crippen LogP contribution in [0.2, 0.25) is 0 Å². The van der Waals surface area contributed by atoms with Crippen molar-refractivity contribution in [2.45, 2.75) is 5.88 Å². The minimum Gasteiger partial charge on any atom is -0.211 e. The molecule has 4 aromatic heterocycles. The van der Waals surface area contributed by atoms with E-state index in [4.69, 9.17) is 26.6 Å². The van der Waals surface area contributed by atoms with Gasteiger partial charge in [0.1, 0.15) is 17.2 Å². The van der Waals surface area contributed by atoms with E-state index in [2.05, 4.69) is 20.4 Å². The first-order chi connectivity index (χ1) is 18.8. The second-order valence-electron chi connectivity index (χ2n) is 8.53. The second-order valence-corrected chi connectivity index (χ2v) is 8.80. The lowest BCUT2D eigenvalue weighted by molar-refractivity contribution is 0.781. The molecule has 0 unspecified atom stereocenters. The molecule has 0 fully saturated rings. The summed E-state index contributed by atoms with van der Waals surface area (Å²) in [5.41, 5.74) is 5.23. The van der Waals surface area contributed by atoms with Crippen LogP contribution in [0.1, 0.15) is 5.82 Å². The van der Waals surface area contributed by atoms with Crippen LogP contribution >= 0.6 is 11.6 Å². The van der Waals surface area contributed by atoms with Crippen molar-refractivity contribution in [3.05, 3.63) is 103 Å². The Balaban J connectivity index is 1.43. The fraction of sp³-hybridized carbons (Fsp3) is 0.0357. The third-order valence-electron chi connectivity index (χ3n) is 6.18. The number of hydrogen-bond acceptors (Lipinski definition) is 7. The van der Waals surface area contributed by atoms with Gasteiger partial charge in [0.2, 0.25) is 0 Å². The number of rotatable bonds is 5. The fourth-order valence-corrected chi connectivity index (χ4v) is 4.55. The first kappa shape index (κ1) is 22.2. The van der Waals surface area contributed by atoms with Crippen LogP contribution in [0, 0.1) is 0 Å². The summed E-state index contributed by atoms with van der Waals surface area (Å²) in [6.45, 7) is 0. The fourth-order valence-electron chi connectivity index (χ4n) is 4.38. The van der Waals surface area contributed by atoms with Crippen molar-refractivity contribution < 1.29 is 0 Å². The zero-order chi connectivity index (χ0) is 25.5. The van der Waals surface area contributed by atoms with Gasteiger partial charge < -0.3 is 0 Å². The average Bonchev–Trinajstić information content (AvgIpc) is 3.63. The van der Waals surface area contributed by atoms with Crippen LogP contribution in [0.4, 0.5) is 0 Å². The van der Waals surface area contributed by atoms with Gasteiger partial charge in [-0.1, -0.05) is 91.0 Å². The van der Waals surface area contributed by atoms with Crippen molar-refractivity contribution >= 4 is 28.3 Å². The zero-order valence-corrected chi connectivity index (χ0v) is 20.6. The summed E-state index contributed by atoms with van der Waals surface area (Å²) in [6, 6.07) is 29.5. The highest BCUT2D eigenvalue weighted by atomic mass is 35.5. The summed E-state index contributed by atoms with van der Waals surface area (Å²) in [4.78, 5) is 14.5. The molecule has 0 saturated heterocycles. The monoisotopic (exact) mass is 515 g/mol. The van der Waals surface area contributed by atoms with E-state index in [1.807, 2.05) is 91.0 Å². The maximum atomic E-state index is 6.30. The molecule has 182 valence electrons. The average molecular weight is 516 g/mol. The van der Waals surface area contributed by atoms with Crippen LogP contribution in [-0.2, 0) is 5.88 Å². The second kappa shape index (κ2) is 9.13. The van der Waals surface area contributed by atoms with Crippen molar-refractivity contribution in [3.8, 4) is 39.9 Å². The van der Waals surface area contributed by atoms with E-state index in [0.717, 1.165) is 16.7 Å². The lowest BCUT2D eigenvalue weighted by Crippen LogP contribution is -2.09. The van der Waals surface area contributed by atoms with Crippen molar-refractivity contribution in [2.24, 2.45) is 0 Å². The van der Waals surface area contributed by atoms with E-state index < -0.39 is 0 Å². The molecule has 38 heavy (non-hydrogen) atoms. The quantitative estimate of drug-likeness (QED) is 0.283. The van der Waals surface area contributed by atoms with Crippen LogP contribution in [0.3, 0.4) is 0 Å². The molecule has 0 aliphatic rings. The van der Waals surface area contributed by atoms with E-state index in [1.54, 1.807) is 15.4 Å². The molecule has 0 saturated carbocycles. The van der Waals surface area contributed by atoms with Crippen molar-refractivity contribution in [2.75, 3.05) is 0 Å². The lowest BCUT2D eigenvalue weighted by atomic mass is 10.0. The molecule has 0 N–H and O–H groups in total. The summed E-state index contributed by atoms with van der Waals surface area (Å²) in [5.74, 6) is 1.54. The molecule has 10 heteroatoms. The van der Waals surface area contributed by atoms with Gasteiger partial charge in [-0.2, -0.15) is 14.3 Å². The summed E-state index contributed by atoms with van der Waals surface area (Å²) < 4.78 is 3.23. The number of aromatic nitrogens is 9. The first-order valence-electron chi connectivity index (χ1n) is 11.9. The molecule has 0 aliphatic carbocycles. The molecule has 0 bridgehead atoms. The molecular weight excluding hydrogens is 498 g/mol. The molecule has 3 aromatic carbocycles. The normalized spacial score (nSPS) is 11.4. The smallest absolute Gasteiger partial charge is 0.211 e. The number of nitrogens with zero attached hydrogens (tertiary/aromatic N) is 9. The molecular formula is C28H18ClN9. The zero-order valence-electron chi connectivity index (χ0n) is 19.8. The minimum atomic E-state index is 0.135. The van der Waals surface area contributed by atoms with E-state index in [0.29, 0.717) is 45.7 Å². The summed E-state index contributed by atoms with van der Waals surface area (Å²) in [7, 11) is 0. The highest BCUT2D eigenvalue weighted by molar-refractivity contribution is 6.16. The molecule has 0 radical (unpaired) electrons.